The number of halogens is 1. The fourth-order valence-corrected chi connectivity index (χ4v) is 0.442. The topological polar surface area (TPSA) is 43.1 Å². The van der Waals surface area contributed by atoms with Crippen LogP contribution in [0.25, 0.3) is 0 Å². The van der Waals surface area contributed by atoms with Gasteiger partial charge in [0, 0.05) is 16.2 Å². The summed E-state index contributed by atoms with van der Waals surface area (Å²) in [7, 11) is 0. The van der Waals surface area contributed by atoms with E-state index in [-0.39, 0.29) is 11.5 Å². The zero-order valence-corrected chi connectivity index (χ0v) is 6.31. The van der Waals surface area contributed by atoms with Gasteiger partial charge in [-0.3, -0.25) is 10.1 Å². The second-order valence-corrected chi connectivity index (χ2v) is 3.55. The molecule has 3 nitrogen and oxygen atoms in total. The molecule has 0 unspecified atom stereocenters. The summed E-state index contributed by atoms with van der Waals surface area (Å²) in [5.74, 6) is 0. The Morgan fingerprint density at radius 3 is 2.22 bits per heavy atom. The van der Waals surface area contributed by atoms with Crippen molar-refractivity contribution >= 4 is 11.6 Å². The lowest BCUT2D eigenvalue weighted by Gasteiger charge is -2.10. The molecule has 0 atom stereocenters. The van der Waals surface area contributed by atoms with Crippen LogP contribution in [0.15, 0.2) is 0 Å². The Bertz CT molecular complexity index is 108. The first-order valence-corrected chi connectivity index (χ1v) is 3.10. The molecule has 0 spiro atoms. The van der Waals surface area contributed by atoms with Crippen LogP contribution in [-0.4, -0.2) is 16.3 Å². The van der Waals surface area contributed by atoms with E-state index >= 15 is 0 Å². The fourth-order valence-electron chi connectivity index (χ4n) is 0.357. The Hall–Kier alpha value is -0.310. The normalized spacial score (nSPS) is 11.4. The van der Waals surface area contributed by atoms with Gasteiger partial charge in [0.25, 0.3) is 0 Å². The van der Waals surface area contributed by atoms with Gasteiger partial charge in [0.15, 0.2) is 0 Å². The highest BCUT2D eigenvalue weighted by Gasteiger charge is 2.15. The molecule has 0 rings (SSSR count). The molecule has 0 amide bonds. The van der Waals surface area contributed by atoms with Crippen molar-refractivity contribution in [2.24, 2.45) is 0 Å². The standard InChI is InChI=1S/C5H10ClNO2/c1-5(2,6)3-4-7(8)9/h3-4H2,1-2H3. The monoisotopic (exact) mass is 151 g/mol. The zero-order valence-electron chi connectivity index (χ0n) is 5.56. The lowest BCUT2D eigenvalue weighted by molar-refractivity contribution is -0.481. The highest BCUT2D eigenvalue weighted by molar-refractivity contribution is 6.23. The summed E-state index contributed by atoms with van der Waals surface area (Å²) >= 11 is 5.67. The summed E-state index contributed by atoms with van der Waals surface area (Å²) in [6.45, 7) is 3.48. The molecule has 0 saturated heterocycles. The lowest BCUT2D eigenvalue weighted by atomic mass is 10.1. The molecule has 0 aromatic rings. The van der Waals surface area contributed by atoms with Crippen LogP contribution in [0.1, 0.15) is 20.3 Å². The Morgan fingerprint density at radius 1 is 1.67 bits per heavy atom. The number of nitrogens with zero attached hydrogens (tertiary/aromatic N) is 1. The minimum Gasteiger partial charge on any atom is -0.265 e. The third-order valence-electron chi connectivity index (χ3n) is 0.889. The van der Waals surface area contributed by atoms with Gasteiger partial charge in [0.05, 0.1) is 0 Å². The third kappa shape index (κ3) is 7.69. The highest BCUT2D eigenvalue weighted by Crippen LogP contribution is 2.16. The second-order valence-electron chi connectivity index (χ2n) is 2.53. The van der Waals surface area contributed by atoms with Gasteiger partial charge in [-0.1, -0.05) is 0 Å². The average molecular weight is 152 g/mol. The molecule has 0 aromatic carbocycles. The van der Waals surface area contributed by atoms with Gasteiger partial charge < -0.3 is 0 Å². The maximum absolute atomic E-state index is 9.79. The van der Waals surface area contributed by atoms with Gasteiger partial charge in [0.1, 0.15) is 0 Å². The summed E-state index contributed by atoms with van der Waals surface area (Å²) in [5.41, 5.74) is 0. The first-order chi connectivity index (χ1) is 3.92. The van der Waals surface area contributed by atoms with Crippen LogP contribution in [0.5, 0.6) is 0 Å². The predicted molar refractivity (Wildman–Crippen MR) is 36.4 cm³/mol. The van der Waals surface area contributed by atoms with Crippen molar-refractivity contribution in [1.29, 1.82) is 0 Å². The van der Waals surface area contributed by atoms with Crippen molar-refractivity contribution in [3.63, 3.8) is 0 Å². The van der Waals surface area contributed by atoms with Crippen LogP contribution in [0, 0.1) is 10.1 Å². The van der Waals surface area contributed by atoms with Gasteiger partial charge >= 0.3 is 0 Å². The molecule has 0 bridgehead atoms. The summed E-state index contributed by atoms with van der Waals surface area (Å²) in [6.07, 6.45) is 0.418. The molecule has 0 fully saturated rings. The van der Waals surface area contributed by atoms with E-state index < -0.39 is 4.87 Å². The number of hydrogen-bond acceptors (Lipinski definition) is 2. The van der Waals surface area contributed by atoms with Crippen molar-refractivity contribution < 1.29 is 4.92 Å². The second kappa shape index (κ2) is 3.01. The van der Waals surface area contributed by atoms with Crippen LogP contribution >= 0.6 is 11.6 Å². The fraction of sp³-hybridized carbons (Fsp3) is 1.00. The Balaban J connectivity index is 3.39. The van der Waals surface area contributed by atoms with Gasteiger partial charge in [-0.05, 0) is 13.8 Å². The van der Waals surface area contributed by atoms with Crippen LogP contribution in [0.4, 0.5) is 0 Å². The van der Waals surface area contributed by atoms with Gasteiger partial charge in [0.2, 0.25) is 6.54 Å². The number of hydrogen-bond donors (Lipinski definition) is 0. The molecule has 0 aliphatic rings. The predicted octanol–water partition coefficient (Wildman–Crippen LogP) is 1.67. The number of nitro groups is 1. The quantitative estimate of drug-likeness (QED) is 0.350. The van der Waals surface area contributed by atoms with E-state index in [9.17, 15) is 10.1 Å². The van der Waals surface area contributed by atoms with Crippen molar-refractivity contribution in [3.05, 3.63) is 10.1 Å². The summed E-state index contributed by atoms with van der Waals surface area (Å²) in [6, 6.07) is 0. The van der Waals surface area contributed by atoms with Gasteiger partial charge in [-0.25, -0.2) is 0 Å². The minimum absolute atomic E-state index is 0.0451. The maximum atomic E-state index is 9.79. The molecule has 0 heterocycles. The number of rotatable bonds is 3. The third-order valence-corrected chi connectivity index (χ3v) is 1.08. The summed E-state index contributed by atoms with van der Waals surface area (Å²) in [4.78, 5) is 9.00. The molecule has 0 radical (unpaired) electrons. The Morgan fingerprint density at radius 2 is 2.11 bits per heavy atom. The summed E-state index contributed by atoms with van der Waals surface area (Å²) < 4.78 is 0. The van der Waals surface area contributed by atoms with Gasteiger partial charge in [-0.2, -0.15) is 0 Å². The van der Waals surface area contributed by atoms with Crippen LogP contribution in [0.2, 0.25) is 0 Å². The van der Waals surface area contributed by atoms with Crippen molar-refractivity contribution in [2.45, 2.75) is 25.1 Å². The molecule has 54 valence electrons. The van der Waals surface area contributed by atoms with E-state index in [1.54, 1.807) is 13.8 Å². The van der Waals surface area contributed by atoms with Crippen LogP contribution < -0.4 is 0 Å². The van der Waals surface area contributed by atoms with E-state index in [0.29, 0.717) is 6.42 Å². The van der Waals surface area contributed by atoms with Crippen LogP contribution in [0.3, 0.4) is 0 Å². The minimum atomic E-state index is -0.437. The van der Waals surface area contributed by atoms with Crippen LogP contribution in [-0.2, 0) is 0 Å². The maximum Gasteiger partial charge on any atom is 0.205 e. The molecular formula is C5H10ClNO2. The van der Waals surface area contributed by atoms with Gasteiger partial charge in [-0.15, -0.1) is 11.6 Å². The molecule has 0 aliphatic carbocycles. The first kappa shape index (κ1) is 8.69. The van der Waals surface area contributed by atoms with E-state index in [4.69, 9.17) is 11.6 Å². The van der Waals surface area contributed by atoms with E-state index in [1.165, 1.54) is 0 Å². The average Bonchev–Trinajstić information content (AvgIpc) is 1.59. The SMILES string of the molecule is CC(C)(Cl)CC[N+](=O)[O-]. The Kier molecular flexibility index (Phi) is 2.91. The van der Waals surface area contributed by atoms with E-state index in [0.717, 1.165) is 0 Å². The molecule has 0 N–H and O–H groups in total. The van der Waals surface area contributed by atoms with Crippen molar-refractivity contribution in [1.82, 2.24) is 0 Å². The molecule has 0 aliphatic heterocycles. The smallest absolute Gasteiger partial charge is 0.205 e. The zero-order chi connectivity index (χ0) is 7.49. The molecular weight excluding hydrogens is 142 g/mol. The lowest BCUT2D eigenvalue weighted by Crippen LogP contribution is -2.16. The highest BCUT2D eigenvalue weighted by atomic mass is 35.5. The van der Waals surface area contributed by atoms with Crippen molar-refractivity contribution in [2.75, 3.05) is 6.54 Å². The number of alkyl halides is 1. The summed E-state index contributed by atoms with van der Waals surface area (Å²) in [5, 5.41) is 9.79. The van der Waals surface area contributed by atoms with E-state index in [1.807, 2.05) is 0 Å². The molecule has 4 heteroatoms. The molecule has 0 saturated carbocycles. The molecule has 9 heavy (non-hydrogen) atoms. The van der Waals surface area contributed by atoms with E-state index in [2.05, 4.69) is 0 Å². The first-order valence-electron chi connectivity index (χ1n) is 2.72. The molecule has 0 aromatic heterocycles. The largest absolute Gasteiger partial charge is 0.265 e. The van der Waals surface area contributed by atoms with Crippen molar-refractivity contribution in [3.8, 4) is 0 Å². The Labute approximate surface area is 59.2 Å².